The summed E-state index contributed by atoms with van der Waals surface area (Å²) in [5.74, 6) is -0.136. The van der Waals surface area contributed by atoms with E-state index >= 15 is 0 Å². The van der Waals surface area contributed by atoms with Gasteiger partial charge in [-0.1, -0.05) is 30.3 Å². The largest absolute Gasteiger partial charge is 0.489 e. The summed E-state index contributed by atoms with van der Waals surface area (Å²) < 4.78 is 16.8. The summed E-state index contributed by atoms with van der Waals surface area (Å²) >= 11 is 0. The van der Waals surface area contributed by atoms with Gasteiger partial charge in [0.15, 0.2) is 5.76 Å². The van der Waals surface area contributed by atoms with Crippen LogP contribution in [0, 0.1) is 0 Å². The fraction of sp³-hybridized carbons (Fsp3) is 0.0952. The van der Waals surface area contributed by atoms with Crippen molar-refractivity contribution >= 4 is 11.6 Å². The third-order valence-corrected chi connectivity index (χ3v) is 4.02. The van der Waals surface area contributed by atoms with Crippen molar-refractivity contribution in [2.75, 3.05) is 5.32 Å². The Labute approximate surface area is 165 Å². The van der Waals surface area contributed by atoms with Gasteiger partial charge in [0.25, 0.3) is 5.89 Å². The molecule has 4 aromatic rings. The van der Waals surface area contributed by atoms with Gasteiger partial charge in [-0.15, -0.1) is 5.10 Å². The lowest BCUT2D eigenvalue weighted by Gasteiger charge is -2.08. The molecule has 4 rings (SSSR count). The molecular formula is C21H17N3O5. The quantitative estimate of drug-likeness (QED) is 0.519. The maximum atomic E-state index is 12.2. The maximum Gasteiger partial charge on any atom is 0.437 e. The van der Waals surface area contributed by atoms with Crippen molar-refractivity contribution in [2.24, 2.45) is 0 Å². The van der Waals surface area contributed by atoms with Crippen LogP contribution in [0.25, 0.3) is 11.7 Å². The number of anilines is 1. The van der Waals surface area contributed by atoms with Crippen LogP contribution in [0.1, 0.15) is 5.56 Å². The van der Waals surface area contributed by atoms with Crippen LogP contribution < -0.4 is 15.8 Å². The number of carbonyl (C=O) groups is 1. The average molecular weight is 391 g/mol. The van der Waals surface area contributed by atoms with Crippen molar-refractivity contribution in [3.63, 3.8) is 0 Å². The molecule has 1 amide bonds. The van der Waals surface area contributed by atoms with Crippen LogP contribution in [0.4, 0.5) is 5.69 Å². The highest BCUT2D eigenvalue weighted by Gasteiger charge is 2.15. The van der Waals surface area contributed by atoms with Crippen molar-refractivity contribution in [1.29, 1.82) is 0 Å². The van der Waals surface area contributed by atoms with E-state index in [1.54, 1.807) is 36.4 Å². The molecule has 0 fully saturated rings. The van der Waals surface area contributed by atoms with Crippen LogP contribution in [0.15, 0.2) is 86.6 Å². The number of ether oxygens (including phenoxy) is 1. The van der Waals surface area contributed by atoms with E-state index in [1.165, 1.54) is 6.26 Å². The van der Waals surface area contributed by atoms with Gasteiger partial charge >= 0.3 is 5.76 Å². The minimum absolute atomic E-state index is 0.0210. The molecule has 2 aromatic heterocycles. The van der Waals surface area contributed by atoms with E-state index < -0.39 is 11.7 Å². The Morgan fingerprint density at radius 3 is 2.55 bits per heavy atom. The molecular weight excluding hydrogens is 374 g/mol. The van der Waals surface area contributed by atoms with Crippen molar-refractivity contribution < 1.29 is 18.4 Å². The Kier molecular flexibility index (Phi) is 5.24. The predicted molar refractivity (Wildman–Crippen MR) is 104 cm³/mol. The Morgan fingerprint density at radius 2 is 1.83 bits per heavy atom. The third-order valence-electron chi connectivity index (χ3n) is 4.02. The number of hydrogen-bond donors (Lipinski definition) is 1. The summed E-state index contributed by atoms with van der Waals surface area (Å²) in [6.07, 6.45) is 1.44. The second-order valence-electron chi connectivity index (χ2n) is 6.15. The molecule has 0 saturated heterocycles. The number of hydrogen-bond acceptors (Lipinski definition) is 6. The Bertz CT molecular complexity index is 1130. The molecule has 146 valence electrons. The lowest BCUT2D eigenvalue weighted by Crippen LogP contribution is -2.25. The number of aromatic nitrogens is 2. The standard InChI is InChI=1S/C21H17N3O5/c25-19(13-24-21(26)29-20(23-24)18-7-4-12-27-18)22-16-8-10-17(11-9-16)28-14-15-5-2-1-3-6-15/h1-12H,13-14H2,(H,22,25). The van der Waals surface area contributed by atoms with Gasteiger partial charge in [0.1, 0.15) is 18.9 Å². The van der Waals surface area contributed by atoms with Crippen LogP contribution in [-0.4, -0.2) is 15.7 Å². The van der Waals surface area contributed by atoms with Gasteiger partial charge in [-0.25, -0.2) is 4.79 Å². The number of benzene rings is 2. The maximum absolute atomic E-state index is 12.2. The second-order valence-corrected chi connectivity index (χ2v) is 6.15. The van der Waals surface area contributed by atoms with Crippen molar-refractivity contribution in [3.8, 4) is 17.4 Å². The minimum Gasteiger partial charge on any atom is -0.489 e. The van der Waals surface area contributed by atoms with Crippen LogP contribution >= 0.6 is 0 Å². The molecule has 0 spiro atoms. The van der Waals surface area contributed by atoms with Crippen LogP contribution in [-0.2, 0) is 17.9 Å². The monoisotopic (exact) mass is 391 g/mol. The highest BCUT2D eigenvalue weighted by molar-refractivity contribution is 5.90. The van der Waals surface area contributed by atoms with Crippen LogP contribution in [0.2, 0.25) is 0 Å². The first-order chi connectivity index (χ1) is 14.2. The predicted octanol–water partition coefficient (Wildman–Crippen LogP) is 3.31. The van der Waals surface area contributed by atoms with Gasteiger partial charge in [0, 0.05) is 5.69 Å². The summed E-state index contributed by atoms with van der Waals surface area (Å²) in [4.78, 5) is 24.1. The summed E-state index contributed by atoms with van der Waals surface area (Å²) in [6.45, 7) is 0.176. The number of nitrogens with one attached hydrogen (secondary N) is 1. The third kappa shape index (κ3) is 4.62. The minimum atomic E-state index is -0.740. The Hall–Kier alpha value is -4.07. The summed E-state index contributed by atoms with van der Waals surface area (Å²) in [5.41, 5.74) is 1.64. The molecule has 8 nitrogen and oxygen atoms in total. The Balaban J connectivity index is 1.33. The molecule has 0 aliphatic heterocycles. The topological polar surface area (TPSA) is 99.5 Å². The fourth-order valence-electron chi connectivity index (χ4n) is 2.62. The summed E-state index contributed by atoms with van der Waals surface area (Å²) in [7, 11) is 0. The molecule has 2 heterocycles. The number of furan rings is 1. The number of carbonyl (C=O) groups excluding carboxylic acids is 1. The highest BCUT2D eigenvalue weighted by Crippen LogP contribution is 2.18. The van der Waals surface area contributed by atoms with Gasteiger partial charge in [-0.3, -0.25) is 4.79 Å². The molecule has 0 bridgehead atoms. The van der Waals surface area contributed by atoms with Crippen LogP contribution in [0.3, 0.4) is 0 Å². The molecule has 2 aromatic carbocycles. The van der Waals surface area contributed by atoms with E-state index in [-0.39, 0.29) is 12.4 Å². The molecule has 29 heavy (non-hydrogen) atoms. The van der Waals surface area contributed by atoms with Crippen molar-refractivity contribution in [1.82, 2.24) is 9.78 Å². The zero-order chi connectivity index (χ0) is 20.1. The Morgan fingerprint density at radius 1 is 1.03 bits per heavy atom. The second kappa shape index (κ2) is 8.30. The van der Waals surface area contributed by atoms with E-state index in [0.717, 1.165) is 10.2 Å². The van der Waals surface area contributed by atoms with E-state index in [0.29, 0.717) is 23.8 Å². The number of amides is 1. The molecule has 0 radical (unpaired) electrons. The lowest BCUT2D eigenvalue weighted by molar-refractivity contribution is -0.117. The first kappa shape index (κ1) is 18.3. The first-order valence-electron chi connectivity index (χ1n) is 8.86. The van der Waals surface area contributed by atoms with Gasteiger partial charge in [-0.05, 0) is 42.0 Å². The van der Waals surface area contributed by atoms with Gasteiger partial charge < -0.3 is 18.9 Å². The normalized spacial score (nSPS) is 10.6. The van der Waals surface area contributed by atoms with Gasteiger partial charge in [0.2, 0.25) is 5.91 Å². The number of nitrogens with zero attached hydrogens (tertiary/aromatic N) is 2. The smallest absolute Gasteiger partial charge is 0.437 e. The molecule has 0 saturated carbocycles. The molecule has 0 atom stereocenters. The fourth-order valence-corrected chi connectivity index (χ4v) is 2.62. The average Bonchev–Trinajstić information content (AvgIpc) is 3.39. The SMILES string of the molecule is O=C(Cn1nc(-c2ccco2)oc1=O)Nc1ccc(OCc2ccccc2)cc1. The van der Waals surface area contributed by atoms with Gasteiger partial charge in [-0.2, -0.15) is 4.68 Å². The zero-order valence-electron chi connectivity index (χ0n) is 15.3. The van der Waals surface area contributed by atoms with Gasteiger partial charge in [0.05, 0.1) is 6.26 Å². The molecule has 0 aliphatic rings. The zero-order valence-corrected chi connectivity index (χ0v) is 15.3. The molecule has 1 N–H and O–H groups in total. The van der Waals surface area contributed by atoms with Crippen LogP contribution in [0.5, 0.6) is 5.75 Å². The lowest BCUT2D eigenvalue weighted by atomic mass is 10.2. The van der Waals surface area contributed by atoms with E-state index in [9.17, 15) is 9.59 Å². The van der Waals surface area contributed by atoms with E-state index in [4.69, 9.17) is 13.6 Å². The number of rotatable bonds is 7. The molecule has 0 aliphatic carbocycles. The van der Waals surface area contributed by atoms with Crippen molar-refractivity contribution in [3.05, 3.63) is 89.1 Å². The molecule has 8 heteroatoms. The summed E-state index contributed by atoms with van der Waals surface area (Å²) in [6, 6.07) is 20.0. The van der Waals surface area contributed by atoms with Crippen molar-refractivity contribution in [2.45, 2.75) is 13.2 Å². The highest BCUT2D eigenvalue weighted by atomic mass is 16.5. The summed E-state index contributed by atoms with van der Waals surface area (Å²) in [5, 5.41) is 6.67. The van der Waals surface area contributed by atoms with E-state index in [1.807, 2.05) is 30.3 Å². The molecule has 0 unspecified atom stereocenters. The van der Waals surface area contributed by atoms with E-state index in [2.05, 4.69) is 10.4 Å². The first-order valence-corrected chi connectivity index (χ1v) is 8.86.